The van der Waals surface area contributed by atoms with Gasteiger partial charge in [0.15, 0.2) is 0 Å². The van der Waals surface area contributed by atoms with Gasteiger partial charge in [-0.1, -0.05) is 45.8 Å². The molecule has 0 spiro atoms. The molecular weight excluding hydrogens is 312 g/mol. The van der Waals surface area contributed by atoms with Crippen LogP contribution in [0.25, 0.3) is 0 Å². The summed E-state index contributed by atoms with van der Waals surface area (Å²) in [5, 5.41) is 10.8. The summed E-state index contributed by atoms with van der Waals surface area (Å²) in [6, 6.07) is 12.3. The molecule has 1 nitrogen and oxygen atoms in total. The lowest BCUT2D eigenvalue weighted by atomic mass is 9.85. The Morgan fingerprint density at radius 3 is 2.00 bits per heavy atom. The highest BCUT2D eigenvalue weighted by atomic mass is 79.9. The molecule has 0 aliphatic carbocycles. The molecule has 1 atom stereocenters. The maximum absolute atomic E-state index is 10.8. The van der Waals surface area contributed by atoms with Gasteiger partial charge in [-0.15, -0.1) is 0 Å². The van der Waals surface area contributed by atoms with E-state index in [0.717, 1.165) is 10.0 Å². The lowest BCUT2D eigenvalue weighted by Gasteiger charge is -2.26. The summed E-state index contributed by atoms with van der Waals surface area (Å²) in [5.74, 6) is 0. The standard InChI is InChI=1S/C18H21BrO/c1-12-9-13(2)17(14(3)10-12)11-18(4,20)15-5-7-16(19)8-6-15/h5-10,20H,11H2,1-4H3. The molecule has 0 aliphatic rings. The van der Waals surface area contributed by atoms with E-state index in [1.54, 1.807) is 0 Å². The summed E-state index contributed by atoms with van der Waals surface area (Å²) in [4.78, 5) is 0. The van der Waals surface area contributed by atoms with Crippen molar-refractivity contribution in [1.29, 1.82) is 0 Å². The zero-order chi connectivity index (χ0) is 14.9. The van der Waals surface area contributed by atoms with Crippen LogP contribution >= 0.6 is 15.9 Å². The second-order valence-corrected chi connectivity index (χ2v) is 6.75. The van der Waals surface area contributed by atoms with Crippen LogP contribution in [0.15, 0.2) is 40.9 Å². The highest BCUT2D eigenvalue weighted by Gasteiger charge is 2.25. The van der Waals surface area contributed by atoms with Gasteiger partial charge in [-0.05, 0) is 62.1 Å². The highest BCUT2D eigenvalue weighted by molar-refractivity contribution is 9.10. The second kappa shape index (κ2) is 5.71. The van der Waals surface area contributed by atoms with Gasteiger partial charge in [0.05, 0.1) is 5.60 Å². The van der Waals surface area contributed by atoms with Gasteiger partial charge < -0.3 is 5.11 Å². The minimum Gasteiger partial charge on any atom is -0.385 e. The van der Waals surface area contributed by atoms with E-state index in [1.807, 2.05) is 31.2 Å². The molecule has 1 unspecified atom stereocenters. The van der Waals surface area contributed by atoms with Gasteiger partial charge in [0.25, 0.3) is 0 Å². The smallest absolute Gasteiger partial charge is 0.0908 e. The van der Waals surface area contributed by atoms with Crippen LogP contribution in [0.3, 0.4) is 0 Å². The Morgan fingerprint density at radius 2 is 1.50 bits per heavy atom. The van der Waals surface area contributed by atoms with Gasteiger partial charge in [0, 0.05) is 10.9 Å². The number of hydrogen-bond acceptors (Lipinski definition) is 1. The molecule has 0 saturated heterocycles. The van der Waals surface area contributed by atoms with Crippen LogP contribution in [0.5, 0.6) is 0 Å². The monoisotopic (exact) mass is 332 g/mol. The molecule has 2 aromatic carbocycles. The molecule has 0 aromatic heterocycles. The summed E-state index contributed by atoms with van der Waals surface area (Å²) in [7, 11) is 0. The van der Waals surface area contributed by atoms with Crippen LogP contribution in [0.1, 0.15) is 34.7 Å². The Balaban J connectivity index is 2.35. The molecular formula is C18H21BrO. The van der Waals surface area contributed by atoms with E-state index >= 15 is 0 Å². The average molecular weight is 333 g/mol. The Labute approximate surface area is 129 Å². The lowest BCUT2D eigenvalue weighted by Crippen LogP contribution is -2.25. The largest absolute Gasteiger partial charge is 0.385 e. The van der Waals surface area contributed by atoms with Gasteiger partial charge in [-0.25, -0.2) is 0 Å². The number of halogens is 1. The summed E-state index contributed by atoms with van der Waals surface area (Å²) in [5.41, 5.74) is 5.10. The average Bonchev–Trinajstić information content (AvgIpc) is 2.34. The fourth-order valence-corrected chi connectivity index (χ4v) is 3.01. The Kier molecular flexibility index (Phi) is 4.36. The molecule has 0 aliphatic heterocycles. The molecule has 0 heterocycles. The van der Waals surface area contributed by atoms with Crippen LogP contribution in [0.2, 0.25) is 0 Å². The van der Waals surface area contributed by atoms with Crippen molar-refractivity contribution in [3.63, 3.8) is 0 Å². The number of aryl methyl sites for hydroxylation is 3. The van der Waals surface area contributed by atoms with Gasteiger partial charge in [-0.3, -0.25) is 0 Å². The molecule has 2 rings (SSSR count). The Morgan fingerprint density at radius 1 is 1.00 bits per heavy atom. The molecule has 20 heavy (non-hydrogen) atoms. The molecule has 0 radical (unpaired) electrons. The SMILES string of the molecule is Cc1cc(C)c(CC(C)(O)c2ccc(Br)cc2)c(C)c1. The fraction of sp³-hybridized carbons (Fsp3) is 0.333. The lowest BCUT2D eigenvalue weighted by molar-refractivity contribution is 0.0573. The van der Waals surface area contributed by atoms with Gasteiger partial charge in [0.2, 0.25) is 0 Å². The van der Waals surface area contributed by atoms with Crippen molar-refractivity contribution in [3.05, 3.63) is 68.7 Å². The van der Waals surface area contributed by atoms with E-state index in [4.69, 9.17) is 0 Å². The first kappa shape index (κ1) is 15.3. The Bertz CT molecular complexity index is 589. The Hall–Kier alpha value is -1.12. The molecule has 2 aromatic rings. The third-order valence-electron chi connectivity index (χ3n) is 3.83. The predicted octanol–water partition coefficient (Wildman–Crippen LogP) is 4.82. The number of benzene rings is 2. The molecule has 0 amide bonds. The highest BCUT2D eigenvalue weighted by Crippen LogP contribution is 2.29. The maximum Gasteiger partial charge on any atom is 0.0908 e. The van der Waals surface area contributed by atoms with Crippen molar-refractivity contribution in [3.8, 4) is 0 Å². The normalized spacial score (nSPS) is 14.1. The van der Waals surface area contributed by atoms with E-state index < -0.39 is 5.60 Å². The van der Waals surface area contributed by atoms with Crippen LogP contribution in [-0.4, -0.2) is 5.11 Å². The fourth-order valence-electron chi connectivity index (χ4n) is 2.74. The van der Waals surface area contributed by atoms with E-state index in [9.17, 15) is 5.11 Å². The van der Waals surface area contributed by atoms with Crippen molar-refractivity contribution in [2.45, 2.75) is 39.7 Å². The third kappa shape index (κ3) is 3.31. The number of aliphatic hydroxyl groups is 1. The number of hydrogen-bond donors (Lipinski definition) is 1. The van der Waals surface area contributed by atoms with Crippen LogP contribution in [0, 0.1) is 20.8 Å². The minimum absolute atomic E-state index is 0.632. The quantitative estimate of drug-likeness (QED) is 0.853. The first-order valence-corrected chi connectivity index (χ1v) is 7.64. The van der Waals surface area contributed by atoms with Crippen LogP contribution in [-0.2, 0) is 12.0 Å². The van der Waals surface area contributed by atoms with Gasteiger partial charge >= 0.3 is 0 Å². The molecule has 0 bridgehead atoms. The maximum atomic E-state index is 10.8. The molecule has 0 fully saturated rings. The first-order valence-electron chi connectivity index (χ1n) is 6.85. The minimum atomic E-state index is -0.856. The van der Waals surface area contributed by atoms with Gasteiger partial charge in [0.1, 0.15) is 0 Å². The second-order valence-electron chi connectivity index (χ2n) is 5.83. The zero-order valence-corrected chi connectivity index (χ0v) is 14.1. The number of rotatable bonds is 3. The summed E-state index contributed by atoms with van der Waals surface area (Å²) < 4.78 is 1.03. The summed E-state index contributed by atoms with van der Waals surface area (Å²) >= 11 is 3.43. The van der Waals surface area contributed by atoms with Crippen molar-refractivity contribution >= 4 is 15.9 Å². The molecule has 106 valence electrons. The van der Waals surface area contributed by atoms with Crippen molar-refractivity contribution < 1.29 is 5.11 Å². The zero-order valence-electron chi connectivity index (χ0n) is 12.5. The van der Waals surface area contributed by atoms with E-state index in [2.05, 4.69) is 48.8 Å². The molecule has 2 heteroatoms. The van der Waals surface area contributed by atoms with Crippen LogP contribution < -0.4 is 0 Å². The predicted molar refractivity (Wildman–Crippen MR) is 88.1 cm³/mol. The third-order valence-corrected chi connectivity index (χ3v) is 4.36. The van der Waals surface area contributed by atoms with E-state index in [1.165, 1.54) is 22.3 Å². The van der Waals surface area contributed by atoms with E-state index in [0.29, 0.717) is 6.42 Å². The van der Waals surface area contributed by atoms with Crippen molar-refractivity contribution in [1.82, 2.24) is 0 Å². The van der Waals surface area contributed by atoms with Crippen molar-refractivity contribution in [2.24, 2.45) is 0 Å². The van der Waals surface area contributed by atoms with Crippen molar-refractivity contribution in [2.75, 3.05) is 0 Å². The molecule has 1 N–H and O–H groups in total. The first-order chi connectivity index (χ1) is 9.29. The van der Waals surface area contributed by atoms with E-state index in [-0.39, 0.29) is 0 Å². The summed E-state index contributed by atoms with van der Waals surface area (Å²) in [6.45, 7) is 8.23. The molecule has 0 saturated carbocycles. The van der Waals surface area contributed by atoms with Gasteiger partial charge in [-0.2, -0.15) is 0 Å². The topological polar surface area (TPSA) is 20.2 Å². The van der Waals surface area contributed by atoms with Crippen LogP contribution in [0.4, 0.5) is 0 Å². The summed E-state index contributed by atoms with van der Waals surface area (Å²) in [6.07, 6.45) is 0.632.